The number of ether oxygens (including phenoxy) is 2. The van der Waals surface area contributed by atoms with Crippen molar-refractivity contribution >= 4 is 5.69 Å². The van der Waals surface area contributed by atoms with E-state index in [0.717, 1.165) is 5.69 Å². The molecule has 5 heteroatoms. The summed E-state index contributed by atoms with van der Waals surface area (Å²) >= 11 is 0. The highest BCUT2D eigenvalue weighted by Gasteiger charge is 2.07. The summed E-state index contributed by atoms with van der Waals surface area (Å²) in [5, 5.41) is 0. The van der Waals surface area contributed by atoms with E-state index in [0.29, 0.717) is 23.1 Å². The van der Waals surface area contributed by atoms with Crippen molar-refractivity contribution in [2.75, 3.05) is 7.11 Å². The highest BCUT2D eigenvalue weighted by molar-refractivity contribution is 5.50. The van der Waals surface area contributed by atoms with Gasteiger partial charge in [-0.25, -0.2) is 4.98 Å². The summed E-state index contributed by atoms with van der Waals surface area (Å²) in [4.78, 5) is 8.17. The Balaban J connectivity index is 2.26. The SMILES string of the molecule is COc1cc([NH])ccc1Oc1cnc(C)cn1. The molecule has 1 heterocycles. The number of methoxy groups -OCH3 is 1. The molecular weight excluding hydrogens is 218 g/mol. The molecule has 0 saturated carbocycles. The van der Waals surface area contributed by atoms with Crippen LogP contribution in [0.5, 0.6) is 17.4 Å². The lowest BCUT2D eigenvalue weighted by atomic mass is 10.3. The lowest BCUT2D eigenvalue weighted by molar-refractivity contribution is 0.373. The van der Waals surface area contributed by atoms with E-state index in [1.165, 1.54) is 7.11 Å². The van der Waals surface area contributed by atoms with Crippen LogP contribution in [0.3, 0.4) is 0 Å². The van der Waals surface area contributed by atoms with Gasteiger partial charge >= 0.3 is 0 Å². The number of hydrogen-bond donors (Lipinski definition) is 0. The Morgan fingerprint density at radius 2 is 1.94 bits per heavy atom. The van der Waals surface area contributed by atoms with E-state index in [9.17, 15) is 0 Å². The number of nitrogens with zero attached hydrogens (tertiary/aromatic N) is 2. The molecule has 0 bridgehead atoms. The van der Waals surface area contributed by atoms with Gasteiger partial charge in [0.15, 0.2) is 11.5 Å². The third-order valence-corrected chi connectivity index (χ3v) is 2.14. The Hall–Kier alpha value is -2.30. The molecule has 1 N–H and O–H groups in total. The van der Waals surface area contributed by atoms with Gasteiger partial charge in [0.1, 0.15) is 0 Å². The summed E-state index contributed by atoms with van der Waals surface area (Å²) in [7, 11) is 1.53. The fraction of sp³-hybridized carbons (Fsp3) is 0.167. The summed E-state index contributed by atoms with van der Waals surface area (Å²) in [6, 6.07) is 4.87. The van der Waals surface area contributed by atoms with Crippen LogP contribution in [-0.2, 0) is 0 Å². The van der Waals surface area contributed by atoms with Gasteiger partial charge in [0, 0.05) is 6.07 Å². The molecular formula is C12H12N3O2. The third-order valence-electron chi connectivity index (χ3n) is 2.14. The zero-order valence-electron chi connectivity index (χ0n) is 9.60. The van der Waals surface area contributed by atoms with Crippen LogP contribution >= 0.6 is 0 Å². The van der Waals surface area contributed by atoms with Gasteiger partial charge < -0.3 is 15.2 Å². The van der Waals surface area contributed by atoms with E-state index in [-0.39, 0.29) is 0 Å². The van der Waals surface area contributed by atoms with Crippen molar-refractivity contribution in [1.29, 1.82) is 0 Å². The average Bonchev–Trinajstić information content (AvgIpc) is 2.34. The van der Waals surface area contributed by atoms with Crippen LogP contribution in [0, 0.1) is 6.92 Å². The van der Waals surface area contributed by atoms with Crippen molar-refractivity contribution < 1.29 is 9.47 Å². The summed E-state index contributed by atoms with van der Waals surface area (Å²) in [6.07, 6.45) is 3.17. The number of aromatic nitrogens is 2. The summed E-state index contributed by atoms with van der Waals surface area (Å²) in [6.45, 7) is 1.85. The van der Waals surface area contributed by atoms with E-state index in [1.807, 2.05) is 6.92 Å². The lowest BCUT2D eigenvalue weighted by Gasteiger charge is -2.09. The van der Waals surface area contributed by atoms with Crippen molar-refractivity contribution in [3.63, 3.8) is 0 Å². The normalized spacial score (nSPS) is 10.0. The maximum atomic E-state index is 7.48. The maximum Gasteiger partial charge on any atom is 0.238 e. The van der Waals surface area contributed by atoms with Crippen molar-refractivity contribution in [3.05, 3.63) is 36.3 Å². The first-order valence-corrected chi connectivity index (χ1v) is 5.05. The van der Waals surface area contributed by atoms with Crippen LogP contribution in [0.15, 0.2) is 30.6 Å². The highest BCUT2D eigenvalue weighted by Crippen LogP contribution is 2.32. The predicted octanol–water partition coefficient (Wildman–Crippen LogP) is 2.50. The molecule has 0 amide bonds. The van der Waals surface area contributed by atoms with Gasteiger partial charge in [-0.3, -0.25) is 4.98 Å². The smallest absolute Gasteiger partial charge is 0.238 e. The fourth-order valence-corrected chi connectivity index (χ4v) is 1.30. The topological polar surface area (TPSA) is 68.0 Å². The quantitative estimate of drug-likeness (QED) is 0.812. The minimum absolute atomic E-state index is 0.365. The Morgan fingerprint density at radius 1 is 1.12 bits per heavy atom. The molecule has 1 aromatic heterocycles. The van der Waals surface area contributed by atoms with Crippen LogP contribution in [0.1, 0.15) is 5.69 Å². The van der Waals surface area contributed by atoms with Gasteiger partial charge in [-0.1, -0.05) is 0 Å². The summed E-state index contributed by atoms with van der Waals surface area (Å²) < 4.78 is 10.7. The number of benzene rings is 1. The largest absolute Gasteiger partial charge is 0.493 e. The minimum atomic E-state index is 0.365. The molecule has 0 saturated heterocycles. The first-order valence-electron chi connectivity index (χ1n) is 5.05. The zero-order chi connectivity index (χ0) is 12.3. The van der Waals surface area contributed by atoms with Gasteiger partial charge in [-0.15, -0.1) is 0 Å². The molecule has 0 spiro atoms. The molecule has 2 aromatic rings. The molecule has 0 aliphatic heterocycles. The molecule has 0 unspecified atom stereocenters. The van der Waals surface area contributed by atoms with Crippen molar-refractivity contribution in [2.45, 2.75) is 6.92 Å². The van der Waals surface area contributed by atoms with Crippen molar-refractivity contribution in [3.8, 4) is 17.4 Å². The zero-order valence-corrected chi connectivity index (χ0v) is 9.60. The molecule has 0 fully saturated rings. The van der Waals surface area contributed by atoms with E-state index >= 15 is 0 Å². The monoisotopic (exact) mass is 230 g/mol. The molecule has 0 aliphatic rings. The Kier molecular flexibility index (Phi) is 3.09. The standard InChI is InChI=1S/C12H12N3O2/c1-8-6-15-12(7-14-8)17-10-4-3-9(13)5-11(10)16-2/h3-7,13H,1-2H3. The first kappa shape index (κ1) is 11.2. The van der Waals surface area contributed by atoms with Gasteiger partial charge in [0.2, 0.25) is 5.88 Å². The Labute approximate surface area is 99.2 Å². The number of rotatable bonds is 3. The van der Waals surface area contributed by atoms with E-state index in [2.05, 4.69) is 9.97 Å². The first-order chi connectivity index (χ1) is 8.19. The second-order valence-corrected chi connectivity index (χ2v) is 3.46. The molecule has 87 valence electrons. The Morgan fingerprint density at radius 3 is 2.59 bits per heavy atom. The van der Waals surface area contributed by atoms with Crippen LogP contribution in [-0.4, -0.2) is 17.1 Å². The predicted molar refractivity (Wildman–Crippen MR) is 62.6 cm³/mol. The second kappa shape index (κ2) is 4.69. The van der Waals surface area contributed by atoms with E-state index in [1.54, 1.807) is 30.6 Å². The average molecular weight is 230 g/mol. The molecule has 0 atom stereocenters. The molecule has 1 radical (unpaired) electrons. The lowest BCUT2D eigenvalue weighted by Crippen LogP contribution is -1.93. The summed E-state index contributed by atoms with van der Waals surface area (Å²) in [5.74, 6) is 1.41. The molecule has 17 heavy (non-hydrogen) atoms. The second-order valence-electron chi connectivity index (χ2n) is 3.46. The fourth-order valence-electron chi connectivity index (χ4n) is 1.30. The van der Waals surface area contributed by atoms with Gasteiger partial charge in [-0.2, -0.15) is 0 Å². The van der Waals surface area contributed by atoms with Crippen LogP contribution in [0.25, 0.3) is 0 Å². The number of aryl methyl sites for hydroxylation is 1. The number of hydrogen-bond acceptors (Lipinski definition) is 4. The maximum absolute atomic E-state index is 7.48. The van der Waals surface area contributed by atoms with Gasteiger partial charge in [0.25, 0.3) is 0 Å². The van der Waals surface area contributed by atoms with Crippen LogP contribution in [0.4, 0.5) is 5.69 Å². The highest BCUT2D eigenvalue weighted by atomic mass is 16.5. The minimum Gasteiger partial charge on any atom is -0.493 e. The van der Waals surface area contributed by atoms with E-state index < -0.39 is 0 Å². The van der Waals surface area contributed by atoms with Gasteiger partial charge in [0.05, 0.1) is 30.9 Å². The molecule has 2 rings (SSSR count). The van der Waals surface area contributed by atoms with Crippen molar-refractivity contribution in [2.24, 2.45) is 0 Å². The third kappa shape index (κ3) is 2.63. The summed E-state index contributed by atoms with van der Waals surface area (Å²) in [5.41, 5.74) is 8.67. The molecule has 0 aliphatic carbocycles. The van der Waals surface area contributed by atoms with Gasteiger partial charge in [-0.05, 0) is 19.1 Å². The van der Waals surface area contributed by atoms with E-state index in [4.69, 9.17) is 15.2 Å². The molecule has 1 aromatic carbocycles. The molecule has 5 nitrogen and oxygen atoms in total. The van der Waals surface area contributed by atoms with Crippen LogP contribution < -0.4 is 15.2 Å². The van der Waals surface area contributed by atoms with Crippen LogP contribution in [0.2, 0.25) is 0 Å². The Bertz CT molecular complexity index is 512. The van der Waals surface area contributed by atoms with Crippen molar-refractivity contribution in [1.82, 2.24) is 15.7 Å². The number of nitrogens with one attached hydrogen (secondary N) is 1.